The Bertz CT molecular complexity index is 599. The number of halogens is 3. The maximum Gasteiger partial charge on any atom is 0.124 e. The summed E-state index contributed by atoms with van der Waals surface area (Å²) in [7, 11) is 0. The Balaban J connectivity index is 2.40. The van der Waals surface area contributed by atoms with Crippen molar-refractivity contribution < 1.29 is 4.39 Å². The molecule has 1 nitrogen and oxygen atoms in total. The van der Waals surface area contributed by atoms with Crippen molar-refractivity contribution >= 4 is 23.2 Å². The summed E-state index contributed by atoms with van der Waals surface area (Å²) >= 11 is 12.2. The Labute approximate surface area is 128 Å². The molecule has 2 aromatic rings. The molecule has 1 N–H and O–H groups in total. The first kappa shape index (κ1) is 15.3. The molecule has 0 fully saturated rings. The van der Waals surface area contributed by atoms with E-state index in [1.165, 1.54) is 12.1 Å². The first-order chi connectivity index (χ1) is 9.61. The van der Waals surface area contributed by atoms with Gasteiger partial charge in [-0.1, -0.05) is 36.2 Å². The summed E-state index contributed by atoms with van der Waals surface area (Å²) in [6, 6.07) is 10.1. The SMILES string of the molecule is CCCNCc1ccc(Cl)cc1-c1ccc(F)cc1Cl. The van der Waals surface area contributed by atoms with Crippen LogP contribution >= 0.6 is 23.2 Å². The number of rotatable bonds is 5. The van der Waals surface area contributed by atoms with Crippen LogP contribution in [-0.4, -0.2) is 6.54 Å². The van der Waals surface area contributed by atoms with Crippen LogP contribution in [-0.2, 0) is 6.54 Å². The molecular formula is C16H16Cl2FN. The molecule has 106 valence electrons. The van der Waals surface area contributed by atoms with Crippen LogP contribution in [0.4, 0.5) is 4.39 Å². The Morgan fingerprint density at radius 1 is 1.05 bits per heavy atom. The highest BCUT2D eigenvalue weighted by atomic mass is 35.5. The highest BCUT2D eigenvalue weighted by molar-refractivity contribution is 6.34. The van der Waals surface area contributed by atoms with Gasteiger partial charge >= 0.3 is 0 Å². The molecular weight excluding hydrogens is 296 g/mol. The van der Waals surface area contributed by atoms with Crippen LogP contribution in [0.3, 0.4) is 0 Å². The Morgan fingerprint density at radius 2 is 1.85 bits per heavy atom. The molecule has 0 saturated heterocycles. The summed E-state index contributed by atoms with van der Waals surface area (Å²) in [5.41, 5.74) is 2.83. The summed E-state index contributed by atoms with van der Waals surface area (Å²) in [5.74, 6) is -0.341. The van der Waals surface area contributed by atoms with Crippen molar-refractivity contribution in [2.75, 3.05) is 6.54 Å². The maximum atomic E-state index is 13.2. The van der Waals surface area contributed by atoms with Gasteiger partial charge in [-0.2, -0.15) is 0 Å². The van der Waals surface area contributed by atoms with Crippen molar-refractivity contribution in [2.24, 2.45) is 0 Å². The number of hydrogen-bond donors (Lipinski definition) is 1. The van der Waals surface area contributed by atoms with E-state index in [4.69, 9.17) is 23.2 Å². The van der Waals surface area contributed by atoms with Gasteiger partial charge in [0.15, 0.2) is 0 Å². The molecule has 4 heteroatoms. The lowest BCUT2D eigenvalue weighted by atomic mass is 9.99. The monoisotopic (exact) mass is 311 g/mol. The largest absolute Gasteiger partial charge is 0.313 e. The van der Waals surface area contributed by atoms with Crippen LogP contribution in [0.1, 0.15) is 18.9 Å². The van der Waals surface area contributed by atoms with E-state index in [1.54, 1.807) is 6.07 Å². The predicted octanol–water partition coefficient (Wildman–Crippen LogP) is 5.30. The molecule has 2 rings (SSSR count). The molecule has 0 aromatic heterocycles. The fraction of sp³-hybridized carbons (Fsp3) is 0.250. The van der Waals surface area contributed by atoms with Crippen molar-refractivity contribution in [3.05, 3.63) is 57.8 Å². The van der Waals surface area contributed by atoms with Gasteiger partial charge in [0, 0.05) is 17.1 Å². The van der Waals surface area contributed by atoms with Gasteiger partial charge in [-0.15, -0.1) is 0 Å². The van der Waals surface area contributed by atoms with Crippen LogP contribution in [0.15, 0.2) is 36.4 Å². The van der Waals surface area contributed by atoms with Crippen molar-refractivity contribution in [1.29, 1.82) is 0 Å². The number of benzene rings is 2. The van der Waals surface area contributed by atoms with E-state index in [9.17, 15) is 4.39 Å². The minimum atomic E-state index is -0.341. The molecule has 2 aromatic carbocycles. The average molecular weight is 312 g/mol. The normalized spacial score (nSPS) is 10.8. The van der Waals surface area contributed by atoms with Gasteiger partial charge in [-0.3, -0.25) is 0 Å². The van der Waals surface area contributed by atoms with Crippen LogP contribution in [0.2, 0.25) is 10.0 Å². The highest BCUT2D eigenvalue weighted by Gasteiger charge is 2.10. The minimum Gasteiger partial charge on any atom is -0.313 e. The van der Waals surface area contributed by atoms with E-state index < -0.39 is 0 Å². The zero-order valence-corrected chi connectivity index (χ0v) is 12.7. The summed E-state index contributed by atoms with van der Waals surface area (Å²) in [6.07, 6.45) is 1.07. The molecule has 20 heavy (non-hydrogen) atoms. The predicted molar refractivity (Wildman–Crippen MR) is 83.9 cm³/mol. The summed E-state index contributed by atoms with van der Waals surface area (Å²) < 4.78 is 13.2. The van der Waals surface area contributed by atoms with Gasteiger partial charge < -0.3 is 5.32 Å². The average Bonchev–Trinajstić information content (AvgIpc) is 2.41. The lowest BCUT2D eigenvalue weighted by Gasteiger charge is -2.12. The molecule has 0 saturated carbocycles. The topological polar surface area (TPSA) is 12.0 Å². The molecule has 0 aliphatic rings. The lowest BCUT2D eigenvalue weighted by molar-refractivity contribution is 0.628. The van der Waals surface area contributed by atoms with E-state index >= 15 is 0 Å². The number of nitrogens with one attached hydrogen (secondary N) is 1. The van der Waals surface area contributed by atoms with Gasteiger partial charge in [0.25, 0.3) is 0 Å². The summed E-state index contributed by atoms with van der Waals surface area (Å²) in [6.45, 7) is 3.79. The standard InChI is InChI=1S/C16H16Cl2FN/c1-2-7-20-10-11-3-4-12(17)8-15(11)14-6-5-13(19)9-16(14)18/h3-6,8-9,20H,2,7,10H2,1H3. The van der Waals surface area contributed by atoms with Crippen molar-refractivity contribution in [2.45, 2.75) is 19.9 Å². The Kier molecular flexibility index (Phi) is 5.41. The third-order valence-corrected chi connectivity index (χ3v) is 3.58. The zero-order valence-electron chi connectivity index (χ0n) is 11.2. The van der Waals surface area contributed by atoms with Gasteiger partial charge in [-0.25, -0.2) is 4.39 Å². The van der Waals surface area contributed by atoms with Gasteiger partial charge in [-0.05, 0) is 54.4 Å². The molecule has 0 spiro atoms. The van der Waals surface area contributed by atoms with Crippen molar-refractivity contribution in [3.8, 4) is 11.1 Å². The van der Waals surface area contributed by atoms with E-state index in [-0.39, 0.29) is 5.82 Å². The Hall–Kier alpha value is -1.09. The summed E-state index contributed by atoms with van der Waals surface area (Å²) in [5, 5.41) is 4.38. The Morgan fingerprint density at radius 3 is 2.55 bits per heavy atom. The molecule has 0 amide bonds. The second kappa shape index (κ2) is 7.07. The first-order valence-electron chi connectivity index (χ1n) is 6.56. The van der Waals surface area contributed by atoms with E-state index in [0.29, 0.717) is 10.0 Å². The zero-order chi connectivity index (χ0) is 14.5. The molecule has 0 aliphatic heterocycles. The third-order valence-electron chi connectivity index (χ3n) is 3.04. The summed E-state index contributed by atoms with van der Waals surface area (Å²) in [4.78, 5) is 0. The second-order valence-corrected chi connectivity index (χ2v) is 5.45. The fourth-order valence-corrected chi connectivity index (χ4v) is 2.50. The molecule has 0 atom stereocenters. The van der Waals surface area contributed by atoms with Crippen molar-refractivity contribution in [1.82, 2.24) is 5.32 Å². The highest BCUT2D eigenvalue weighted by Crippen LogP contribution is 2.33. The van der Waals surface area contributed by atoms with Crippen LogP contribution in [0, 0.1) is 5.82 Å². The van der Waals surface area contributed by atoms with Crippen LogP contribution < -0.4 is 5.32 Å². The first-order valence-corrected chi connectivity index (χ1v) is 7.32. The fourth-order valence-electron chi connectivity index (χ4n) is 2.06. The van der Waals surface area contributed by atoms with Gasteiger partial charge in [0.1, 0.15) is 5.82 Å². The van der Waals surface area contributed by atoms with Crippen LogP contribution in [0.25, 0.3) is 11.1 Å². The molecule has 0 aliphatic carbocycles. The van der Waals surface area contributed by atoms with Crippen LogP contribution in [0.5, 0.6) is 0 Å². The second-order valence-electron chi connectivity index (χ2n) is 4.60. The quantitative estimate of drug-likeness (QED) is 0.739. The van der Waals surface area contributed by atoms with E-state index in [2.05, 4.69) is 12.2 Å². The molecule has 0 heterocycles. The van der Waals surface area contributed by atoms with Gasteiger partial charge in [0.05, 0.1) is 5.02 Å². The lowest BCUT2D eigenvalue weighted by Crippen LogP contribution is -2.14. The minimum absolute atomic E-state index is 0.341. The molecule has 0 radical (unpaired) electrons. The van der Waals surface area contributed by atoms with Gasteiger partial charge in [0.2, 0.25) is 0 Å². The maximum absolute atomic E-state index is 13.2. The van der Waals surface area contributed by atoms with E-state index in [1.807, 2.05) is 18.2 Å². The molecule has 0 unspecified atom stereocenters. The third kappa shape index (κ3) is 3.72. The molecule has 0 bridgehead atoms. The number of hydrogen-bond acceptors (Lipinski definition) is 1. The van der Waals surface area contributed by atoms with E-state index in [0.717, 1.165) is 36.2 Å². The van der Waals surface area contributed by atoms with Crippen molar-refractivity contribution in [3.63, 3.8) is 0 Å². The smallest absolute Gasteiger partial charge is 0.124 e.